The van der Waals surface area contributed by atoms with E-state index in [9.17, 15) is 4.79 Å². The van der Waals surface area contributed by atoms with Gasteiger partial charge in [0.05, 0.1) is 0 Å². The van der Waals surface area contributed by atoms with Gasteiger partial charge in [-0.3, -0.25) is 4.79 Å². The highest BCUT2D eigenvalue weighted by atomic mass is 16.7. The Morgan fingerprint density at radius 1 is 0.800 bits per heavy atom. The van der Waals surface area contributed by atoms with E-state index in [0.717, 1.165) is 29.5 Å². The Morgan fingerprint density at radius 2 is 1.26 bits per heavy atom. The van der Waals surface area contributed by atoms with Crippen LogP contribution in [0, 0.1) is 5.92 Å². The van der Waals surface area contributed by atoms with Crippen LogP contribution in [0.2, 0.25) is 0 Å². The minimum absolute atomic E-state index is 0.00628. The van der Waals surface area contributed by atoms with Crippen molar-refractivity contribution < 1.29 is 14.3 Å². The first kappa shape index (κ1) is 28.8. The van der Waals surface area contributed by atoms with Crippen LogP contribution in [-0.2, 0) is 19.9 Å². The van der Waals surface area contributed by atoms with Gasteiger partial charge in [0.2, 0.25) is 6.29 Å². The topological polar surface area (TPSA) is 35.5 Å². The molecule has 0 aromatic heterocycles. The Balaban J connectivity index is 2.04. The molecule has 2 rings (SSSR count). The van der Waals surface area contributed by atoms with Crippen molar-refractivity contribution in [2.75, 3.05) is 0 Å². The smallest absolute Gasteiger partial charge is 0.308 e. The maximum Gasteiger partial charge on any atom is 0.308 e. The molecular weight excluding hydrogens is 432 g/mol. The molecule has 3 nitrogen and oxygen atoms in total. The van der Waals surface area contributed by atoms with Crippen LogP contribution in [0.5, 0.6) is 0 Å². The number of hydrogen-bond donors (Lipinski definition) is 0. The predicted molar refractivity (Wildman–Crippen MR) is 146 cm³/mol. The highest BCUT2D eigenvalue weighted by Crippen LogP contribution is 2.41. The number of hydrogen-bond acceptors (Lipinski definition) is 3. The fourth-order valence-electron chi connectivity index (χ4n) is 4.48. The second kappa shape index (κ2) is 15.6. The van der Waals surface area contributed by atoms with Gasteiger partial charge in [-0.15, -0.1) is 0 Å². The van der Waals surface area contributed by atoms with Gasteiger partial charge >= 0.3 is 5.97 Å². The molecule has 0 fully saturated rings. The average molecular weight is 479 g/mol. The zero-order chi connectivity index (χ0) is 25.5. The van der Waals surface area contributed by atoms with Gasteiger partial charge in [-0.25, -0.2) is 0 Å². The summed E-state index contributed by atoms with van der Waals surface area (Å²) in [5.74, 6) is -0.198. The van der Waals surface area contributed by atoms with E-state index in [1.54, 1.807) is 0 Å². The first-order valence-electron chi connectivity index (χ1n) is 13.6. The van der Waals surface area contributed by atoms with E-state index < -0.39 is 11.9 Å². The predicted octanol–water partition coefficient (Wildman–Crippen LogP) is 8.97. The van der Waals surface area contributed by atoms with Crippen LogP contribution in [0.25, 0.3) is 0 Å². The minimum Gasteiger partial charge on any atom is -0.435 e. The highest BCUT2D eigenvalue weighted by Gasteiger charge is 2.40. The summed E-state index contributed by atoms with van der Waals surface area (Å²) in [6.07, 6.45) is 10.7. The molecule has 35 heavy (non-hydrogen) atoms. The van der Waals surface area contributed by atoms with Gasteiger partial charge in [0.15, 0.2) is 0 Å². The minimum atomic E-state index is -0.907. The van der Waals surface area contributed by atoms with Crippen LogP contribution in [0.4, 0.5) is 0 Å². The molecule has 0 heterocycles. The largest absolute Gasteiger partial charge is 0.435 e. The van der Waals surface area contributed by atoms with E-state index in [4.69, 9.17) is 9.47 Å². The van der Waals surface area contributed by atoms with Crippen LogP contribution in [0.1, 0.15) is 103 Å². The maximum absolute atomic E-state index is 12.8. The van der Waals surface area contributed by atoms with Gasteiger partial charge < -0.3 is 9.47 Å². The molecule has 0 saturated carbocycles. The van der Waals surface area contributed by atoms with Crippen molar-refractivity contribution >= 4 is 5.97 Å². The van der Waals surface area contributed by atoms with Crippen molar-refractivity contribution in [3.63, 3.8) is 0 Å². The summed E-state index contributed by atoms with van der Waals surface area (Å²) in [7, 11) is 0. The van der Waals surface area contributed by atoms with Crippen LogP contribution < -0.4 is 0 Å². The standard InChI is InChI=1S/C32H46O3/c1-6-7-8-9-10-11-12-13-20-25-30(33)34-31(26(2)3)35-32(27(4)5,28-21-16-14-17-22-28)29-23-18-15-19-24-29/h14-19,21-24,26,31H,4,6-13,20,25H2,1-3,5H3. The van der Waals surface area contributed by atoms with Gasteiger partial charge in [0, 0.05) is 12.3 Å². The molecular formula is C32H46O3. The number of benzene rings is 2. The quantitative estimate of drug-likeness (QED) is 0.0985. The van der Waals surface area contributed by atoms with Crippen molar-refractivity contribution in [1.82, 2.24) is 0 Å². The zero-order valence-corrected chi connectivity index (χ0v) is 22.4. The third kappa shape index (κ3) is 8.96. The molecule has 2 aromatic carbocycles. The van der Waals surface area contributed by atoms with E-state index in [2.05, 4.69) is 13.5 Å². The van der Waals surface area contributed by atoms with Crippen LogP contribution in [0.15, 0.2) is 72.8 Å². The summed E-state index contributed by atoms with van der Waals surface area (Å²) in [6.45, 7) is 12.6. The lowest BCUT2D eigenvalue weighted by atomic mass is 9.81. The summed E-state index contributed by atoms with van der Waals surface area (Å²) in [5.41, 5.74) is 1.88. The fraction of sp³-hybridized carbons (Fsp3) is 0.531. The number of carbonyl (C=O) groups excluding carboxylic acids is 1. The lowest BCUT2D eigenvalue weighted by molar-refractivity contribution is -0.213. The second-order valence-electron chi connectivity index (χ2n) is 9.99. The molecule has 0 bridgehead atoms. The van der Waals surface area contributed by atoms with Gasteiger partial charge in [-0.2, -0.15) is 0 Å². The summed E-state index contributed by atoms with van der Waals surface area (Å²) < 4.78 is 12.7. The first-order valence-corrected chi connectivity index (χ1v) is 13.6. The number of esters is 1. The van der Waals surface area contributed by atoms with Crippen molar-refractivity contribution in [3.8, 4) is 0 Å². The molecule has 0 spiro atoms. The van der Waals surface area contributed by atoms with Crippen molar-refractivity contribution in [2.24, 2.45) is 5.92 Å². The average Bonchev–Trinajstić information content (AvgIpc) is 2.86. The van der Waals surface area contributed by atoms with E-state index in [-0.39, 0.29) is 11.9 Å². The van der Waals surface area contributed by atoms with Crippen molar-refractivity contribution in [3.05, 3.63) is 83.9 Å². The molecule has 2 aromatic rings. The molecule has 0 radical (unpaired) electrons. The van der Waals surface area contributed by atoms with Crippen LogP contribution in [-0.4, -0.2) is 12.3 Å². The number of carbonyl (C=O) groups is 1. The van der Waals surface area contributed by atoms with Gasteiger partial charge in [-0.05, 0) is 30.0 Å². The second-order valence-corrected chi connectivity index (χ2v) is 9.99. The molecule has 1 atom stereocenters. The Kier molecular flexibility index (Phi) is 12.8. The van der Waals surface area contributed by atoms with Gasteiger partial charge in [0.25, 0.3) is 0 Å². The van der Waals surface area contributed by atoms with Crippen LogP contribution in [0.3, 0.4) is 0 Å². The molecule has 0 aliphatic heterocycles. The summed E-state index contributed by atoms with van der Waals surface area (Å²) in [6, 6.07) is 20.2. The summed E-state index contributed by atoms with van der Waals surface area (Å²) in [4.78, 5) is 12.8. The zero-order valence-electron chi connectivity index (χ0n) is 22.4. The molecule has 3 heteroatoms. The van der Waals surface area contributed by atoms with Crippen molar-refractivity contribution in [2.45, 2.75) is 104 Å². The number of rotatable bonds is 17. The Labute approximate surface area is 213 Å². The lowest BCUT2D eigenvalue weighted by Crippen LogP contribution is -2.40. The molecule has 192 valence electrons. The van der Waals surface area contributed by atoms with E-state index in [1.807, 2.05) is 81.4 Å². The highest BCUT2D eigenvalue weighted by molar-refractivity contribution is 5.69. The van der Waals surface area contributed by atoms with E-state index in [1.165, 1.54) is 44.9 Å². The number of unbranched alkanes of at least 4 members (excludes halogenated alkanes) is 8. The van der Waals surface area contributed by atoms with E-state index in [0.29, 0.717) is 6.42 Å². The normalized spacial score (nSPS) is 12.5. The molecule has 0 aliphatic rings. The Bertz CT molecular complexity index is 817. The first-order chi connectivity index (χ1) is 16.9. The van der Waals surface area contributed by atoms with Gasteiger partial charge in [-0.1, -0.05) is 139 Å². The maximum atomic E-state index is 12.8. The monoisotopic (exact) mass is 478 g/mol. The molecule has 0 amide bonds. The third-order valence-electron chi connectivity index (χ3n) is 6.53. The summed E-state index contributed by atoms with van der Waals surface area (Å²) >= 11 is 0. The Hall–Kier alpha value is -2.39. The molecule has 0 saturated heterocycles. The summed E-state index contributed by atoms with van der Waals surface area (Å²) in [5, 5.41) is 0. The van der Waals surface area contributed by atoms with Crippen LogP contribution >= 0.6 is 0 Å². The number of ether oxygens (including phenoxy) is 2. The molecule has 0 aliphatic carbocycles. The fourth-order valence-corrected chi connectivity index (χ4v) is 4.48. The SMILES string of the molecule is C=C(C)C(OC(OC(=O)CCCCCCCCCCC)C(C)C)(c1ccccc1)c1ccccc1. The van der Waals surface area contributed by atoms with E-state index >= 15 is 0 Å². The Morgan fingerprint density at radius 3 is 1.69 bits per heavy atom. The van der Waals surface area contributed by atoms with Crippen molar-refractivity contribution in [1.29, 1.82) is 0 Å². The molecule has 1 unspecified atom stereocenters. The van der Waals surface area contributed by atoms with Gasteiger partial charge in [0.1, 0.15) is 5.60 Å². The molecule has 0 N–H and O–H groups in total. The third-order valence-corrected chi connectivity index (χ3v) is 6.53. The lowest BCUT2D eigenvalue weighted by Gasteiger charge is -2.39.